The second-order valence-corrected chi connectivity index (χ2v) is 6.72. The molecule has 1 saturated carbocycles. The molecule has 1 amide bonds. The summed E-state index contributed by atoms with van der Waals surface area (Å²) in [6.45, 7) is 1.93. The first-order valence-electron chi connectivity index (χ1n) is 8.52. The predicted molar refractivity (Wildman–Crippen MR) is 94.5 cm³/mol. The summed E-state index contributed by atoms with van der Waals surface area (Å²) in [5, 5.41) is 3.03. The molecule has 1 aliphatic carbocycles. The van der Waals surface area contributed by atoms with Gasteiger partial charge in [0.15, 0.2) is 0 Å². The summed E-state index contributed by atoms with van der Waals surface area (Å²) in [6, 6.07) is 14.4. The van der Waals surface area contributed by atoms with Crippen LogP contribution in [0.25, 0.3) is 11.0 Å². The van der Waals surface area contributed by atoms with E-state index in [0.717, 1.165) is 16.9 Å². The highest BCUT2D eigenvalue weighted by molar-refractivity contribution is 5.83. The SMILES string of the molecule is C[C@H](NC(=O)[C@H]1C[C@H]1c1ccccc1F)c1nc2ccccc2n1C. The van der Waals surface area contributed by atoms with Crippen molar-refractivity contribution < 1.29 is 9.18 Å². The number of hydrogen-bond donors (Lipinski definition) is 1. The van der Waals surface area contributed by atoms with Crippen molar-refractivity contribution in [1.29, 1.82) is 0 Å². The standard InChI is InChI=1S/C20H20FN3O/c1-12(19-23-17-9-5-6-10-18(17)24(19)2)22-20(25)15-11-14(15)13-7-3-4-8-16(13)21/h3-10,12,14-15H,11H2,1-2H3,(H,22,25)/t12-,14-,15-/m0/s1. The Morgan fingerprint density at radius 3 is 2.72 bits per heavy atom. The van der Waals surface area contributed by atoms with Gasteiger partial charge in [0, 0.05) is 13.0 Å². The molecule has 1 heterocycles. The van der Waals surface area contributed by atoms with Crippen molar-refractivity contribution in [2.45, 2.75) is 25.3 Å². The number of benzene rings is 2. The lowest BCUT2D eigenvalue weighted by Crippen LogP contribution is -2.30. The Balaban J connectivity index is 1.48. The minimum atomic E-state index is -0.230. The van der Waals surface area contributed by atoms with E-state index in [1.54, 1.807) is 12.1 Å². The van der Waals surface area contributed by atoms with Crippen molar-refractivity contribution in [2.24, 2.45) is 13.0 Å². The average molecular weight is 337 g/mol. The normalized spacial score (nSPS) is 20.4. The molecule has 4 rings (SSSR count). The van der Waals surface area contributed by atoms with Gasteiger partial charge in [0.05, 0.1) is 17.1 Å². The molecule has 5 heteroatoms. The van der Waals surface area contributed by atoms with Gasteiger partial charge in [-0.05, 0) is 43.0 Å². The number of para-hydroxylation sites is 2. The maximum atomic E-state index is 13.9. The van der Waals surface area contributed by atoms with Crippen LogP contribution in [0.3, 0.4) is 0 Å². The highest BCUT2D eigenvalue weighted by atomic mass is 19.1. The second-order valence-electron chi connectivity index (χ2n) is 6.72. The van der Waals surface area contributed by atoms with Gasteiger partial charge in [-0.15, -0.1) is 0 Å². The molecule has 3 aromatic rings. The molecule has 25 heavy (non-hydrogen) atoms. The van der Waals surface area contributed by atoms with Gasteiger partial charge in [0.2, 0.25) is 5.91 Å². The van der Waals surface area contributed by atoms with Crippen LogP contribution in [0.5, 0.6) is 0 Å². The molecule has 2 aromatic carbocycles. The molecule has 1 aliphatic rings. The molecule has 1 fully saturated rings. The number of carbonyl (C=O) groups is 1. The molecule has 1 aromatic heterocycles. The molecule has 4 nitrogen and oxygen atoms in total. The van der Waals surface area contributed by atoms with E-state index >= 15 is 0 Å². The van der Waals surface area contributed by atoms with Crippen LogP contribution in [-0.4, -0.2) is 15.5 Å². The molecule has 128 valence electrons. The van der Waals surface area contributed by atoms with Crippen LogP contribution in [0, 0.1) is 11.7 Å². The van der Waals surface area contributed by atoms with E-state index in [0.29, 0.717) is 12.0 Å². The third kappa shape index (κ3) is 2.80. The number of halogens is 1. The molecule has 3 atom stereocenters. The summed E-state index contributed by atoms with van der Waals surface area (Å²) in [5.41, 5.74) is 2.59. The molecule has 0 unspecified atom stereocenters. The van der Waals surface area contributed by atoms with Crippen molar-refractivity contribution in [2.75, 3.05) is 0 Å². The minimum absolute atomic E-state index is 0.0196. The summed E-state index contributed by atoms with van der Waals surface area (Å²) in [4.78, 5) is 17.2. The fraction of sp³-hybridized carbons (Fsp3) is 0.300. The van der Waals surface area contributed by atoms with Gasteiger partial charge < -0.3 is 9.88 Å². The van der Waals surface area contributed by atoms with Gasteiger partial charge in [0.1, 0.15) is 11.6 Å². The van der Waals surface area contributed by atoms with Crippen molar-refractivity contribution in [3.63, 3.8) is 0 Å². The van der Waals surface area contributed by atoms with Gasteiger partial charge in [-0.3, -0.25) is 4.79 Å². The van der Waals surface area contributed by atoms with E-state index < -0.39 is 0 Å². The number of amides is 1. The van der Waals surface area contributed by atoms with Crippen LogP contribution in [0.2, 0.25) is 0 Å². The summed E-state index contributed by atoms with van der Waals surface area (Å²) < 4.78 is 15.9. The number of fused-ring (bicyclic) bond motifs is 1. The van der Waals surface area contributed by atoms with E-state index in [9.17, 15) is 9.18 Å². The van der Waals surface area contributed by atoms with Crippen molar-refractivity contribution >= 4 is 16.9 Å². The van der Waals surface area contributed by atoms with Crippen LogP contribution < -0.4 is 5.32 Å². The molecule has 1 N–H and O–H groups in total. The highest BCUT2D eigenvalue weighted by Crippen LogP contribution is 2.48. The Kier molecular flexibility index (Phi) is 3.79. The largest absolute Gasteiger partial charge is 0.346 e. The van der Waals surface area contributed by atoms with Crippen molar-refractivity contribution in [3.05, 3.63) is 65.7 Å². The van der Waals surface area contributed by atoms with E-state index in [2.05, 4.69) is 10.3 Å². The van der Waals surface area contributed by atoms with Crippen LogP contribution in [0.1, 0.15) is 36.7 Å². The number of carbonyl (C=O) groups excluding carboxylic acids is 1. The van der Waals surface area contributed by atoms with E-state index in [1.165, 1.54) is 6.07 Å². The first-order valence-corrected chi connectivity index (χ1v) is 8.52. The highest BCUT2D eigenvalue weighted by Gasteiger charge is 2.45. The first-order chi connectivity index (χ1) is 12.1. The zero-order chi connectivity index (χ0) is 17.6. The van der Waals surface area contributed by atoms with Crippen LogP contribution >= 0.6 is 0 Å². The number of imidazole rings is 1. The molecular weight excluding hydrogens is 317 g/mol. The molecule has 0 bridgehead atoms. The Morgan fingerprint density at radius 2 is 1.96 bits per heavy atom. The molecule has 0 radical (unpaired) electrons. The van der Waals surface area contributed by atoms with Crippen molar-refractivity contribution in [3.8, 4) is 0 Å². The Labute approximate surface area is 145 Å². The smallest absolute Gasteiger partial charge is 0.224 e. The average Bonchev–Trinajstić information content (AvgIpc) is 3.33. The second kappa shape index (κ2) is 5.99. The van der Waals surface area contributed by atoms with Gasteiger partial charge in [0.25, 0.3) is 0 Å². The summed E-state index contributed by atoms with van der Waals surface area (Å²) in [5.74, 6) is 0.375. The Bertz CT molecular complexity index is 949. The summed E-state index contributed by atoms with van der Waals surface area (Å²) >= 11 is 0. The number of nitrogens with one attached hydrogen (secondary N) is 1. The number of aryl methyl sites for hydroxylation is 1. The van der Waals surface area contributed by atoms with E-state index in [1.807, 2.05) is 48.9 Å². The van der Waals surface area contributed by atoms with Crippen molar-refractivity contribution in [1.82, 2.24) is 14.9 Å². The number of hydrogen-bond acceptors (Lipinski definition) is 2. The third-order valence-electron chi connectivity index (χ3n) is 5.00. The van der Waals surface area contributed by atoms with Gasteiger partial charge in [-0.2, -0.15) is 0 Å². The molecule has 0 saturated heterocycles. The maximum Gasteiger partial charge on any atom is 0.224 e. The number of rotatable bonds is 4. The monoisotopic (exact) mass is 337 g/mol. The van der Waals surface area contributed by atoms with Gasteiger partial charge in [-0.1, -0.05) is 30.3 Å². The third-order valence-corrected chi connectivity index (χ3v) is 5.00. The lowest BCUT2D eigenvalue weighted by atomic mass is 10.1. The maximum absolute atomic E-state index is 13.9. The topological polar surface area (TPSA) is 46.9 Å². The zero-order valence-electron chi connectivity index (χ0n) is 14.2. The summed E-state index contributed by atoms with van der Waals surface area (Å²) in [6.07, 6.45) is 0.696. The quantitative estimate of drug-likeness (QED) is 0.789. The van der Waals surface area contributed by atoms with Gasteiger partial charge >= 0.3 is 0 Å². The van der Waals surface area contributed by atoms with E-state index in [4.69, 9.17) is 0 Å². The fourth-order valence-electron chi connectivity index (χ4n) is 3.54. The molecule has 0 aliphatic heterocycles. The molecule has 0 spiro atoms. The van der Waals surface area contributed by atoms with Crippen LogP contribution in [0.4, 0.5) is 4.39 Å². The molecular formula is C20H20FN3O. The first kappa shape index (κ1) is 15.8. The lowest BCUT2D eigenvalue weighted by molar-refractivity contribution is -0.123. The summed E-state index contributed by atoms with van der Waals surface area (Å²) in [7, 11) is 1.95. The zero-order valence-corrected chi connectivity index (χ0v) is 14.2. The fourth-order valence-corrected chi connectivity index (χ4v) is 3.54. The predicted octanol–water partition coefficient (Wildman–Crippen LogP) is 3.69. The van der Waals surface area contributed by atoms with Crippen LogP contribution in [-0.2, 0) is 11.8 Å². The Hall–Kier alpha value is -2.69. The van der Waals surface area contributed by atoms with Crippen LogP contribution in [0.15, 0.2) is 48.5 Å². The Morgan fingerprint density at radius 1 is 1.24 bits per heavy atom. The number of nitrogens with zero attached hydrogens (tertiary/aromatic N) is 2. The minimum Gasteiger partial charge on any atom is -0.346 e. The van der Waals surface area contributed by atoms with E-state index in [-0.39, 0.29) is 29.6 Å². The lowest BCUT2D eigenvalue weighted by Gasteiger charge is -2.14. The van der Waals surface area contributed by atoms with Gasteiger partial charge in [-0.25, -0.2) is 9.37 Å². The number of aromatic nitrogens is 2.